The van der Waals surface area contributed by atoms with Gasteiger partial charge < -0.3 is 14.4 Å². The van der Waals surface area contributed by atoms with Gasteiger partial charge in [-0.15, -0.1) is 18.1 Å². The van der Waals surface area contributed by atoms with Crippen LogP contribution < -0.4 is 0 Å². The Bertz CT molecular complexity index is 98.2. The zero-order valence-electron chi connectivity index (χ0n) is 5.85. The van der Waals surface area contributed by atoms with Crippen molar-refractivity contribution in [1.82, 2.24) is 0 Å². The predicted molar refractivity (Wildman–Crippen MR) is 45.2 cm³/mol. The second kappa shape index (κ2) is 9.77. The molecule has 0 aliphatic heterocycles. The van der Waals surface area contributed by atoms with E-state index in [1.165, 1.54) is 0 Å². The van der Waals surface area contributed by atoms with Crippen LogP contribution in [0.4, 0.5) is 0 Å². The predicted octanol–water partition coefficient (Wildman–Crippen LogP) is 3.39. The molecule has 0 fully saturated rings. The molecule has 0 heterocycles. The van der Waals surface area contributed by atoms with Crippen LogP contribution in [0.2, 0.25) is 0 Å². The van der Waals surface area contributed by atoms with Crippen molar-refractivity contribution in [2.24, 2.45) is 5.92 Å². The first kappa shape index (κ1) is 13.4. The average molecular weight is 213 g/mol. The van der Waals surface area contributed by atoms with Crippen molar-refractivity contribution < 1.29 is 17.0 Å². The molecule has 1 aliphatic carbocycles. The van der Waals surface area contributed by atoms with E-state index in [9.17, 15) is 0 Å². The van der Waals surface area contributed by atoms with Gasteiger partial charge in [-0.05, 0) is 0 Å². The van der Waals surface area contributed by atoms with E-state index in [1.54, 1.807) is 0 Å². The fourth-order valence-corrected chi connectivity index (χ4v) is 0.478. The van der Waals surface area contributed by atoms with Gasteiger partial charge in [0.2, 0.25) is 0 Å². The molecular weight excluding hydrogens is 203 g/mol. The van der Waals surface area contributed by atoms with Gasteiger partial charge in [-0.3, -0.25) is 0 Å². The first-order valence-corrected chi connectivity index (χ1v) is 6.75. The van der Waals surface area contributed by atoms with E-state index in [0.29, 0.717) is 5.92 Å². The minimum absolute atomic E-state index is 0. The molecule has 0 spiro atoms. The van der Waals surface area contributed by atoms with Gasteiger partial charge in [-0.25, -0.2) is 0 Å². The Hall–Kier alpha value is 0.774. The molecule has 1 rings (SSSR count). The Kier molecular flexibility index (Phi) is 13.1. The molecule has 0 unspecified atom stereocenters. The number of allylic oxidation sites excluding steroid dienone is 4. The second-order valence-corrected chi connectivity index (χ2v) is 4.08. The molecule has 0 saturated heterocycles. The van der Waals surface area contributed by atoms with Crippen molar-refractivity contribution in [3.05, 3.63) is 38.7 Å². The van der Waals surface area contributed by atoms with E-state index < -0.39 is 17.0 Å². The van der Waals surface area contributed by atoms with Crippen molar-refractivity contribution in [3.63, 3.8) is 0 Å². The van der Waals surface area contributed by atoms with Gasteiger partial charge in [0, 0.05) is 0 Å². The Morgan fingerprint density at radius 2 is 1.50 bits per heavy atom. The maximum atomic E-state index is 4.89. The summed E-state index contributed by atoms with van der Waals surface area (Å²) in [5.74, 6) is 0.435. The van der Waals surface area contributed by atoms with Crippen LogP contribution in [0.25, 0.3) is 0 Å². The maximum absolute atomic E-state index is 4.89. The summed E-state index contributed by atoms with van der Waals surface area (Å²) in [6.07, 6.45) is 8.13. The van der Waals surface area contributed by atoms with Gasteiger partial charge in [0.25, 0.3) is 0 Å². The molecule has 0 aromatic rings. The number of halogens is 2. The number of hydrogen-bond acceptors (Lipinski definition) is 0. The van der Waals surface area contributed by atoms with E-state index in [0.717, 1.165) is 0 Å². The van der Waals surface area contributed by atoms with Crippen molar-refractivity contribution in [2.45, 2.75) is 0 Å². The number of rotatable bonds is 0. The van der Waals surface area contributed by atoms with E-state index in [2.05, 4.69) is 19.1 Å². The van der Waals surface area contributed by atoms with Crippen molar-refractivity contribution in [2.75, 3.05) is 0 Å². The van der Waals surface area contributed by atoms with E-state index in [1.807, 2.05) is 12.2 Å². The van der Waals surface area contributed by atoms with Crippen molar-refractivity contribution >= 4 is 18.6 Å². The summed E-state index contributed by atoms with van der Waals surface area (Å²) < 4.78 is 0. The second-order valence-electron chi connectivity index (χ2n) is 1.51. The van der Waals surface area contributed by atoms with Crippen LogP contribution in [-0.2, 0) is 17.0 Å². The third-order valence-electron chi connectivity index (χ3n) is 0.828. The number of hydrogen-bond donors (Lipinski definition) is 0. The van der Waals surface area contributed by atoms with E-state index in [4.69, 9.17) is 18.6 Å². The summed E-state index contributed by atoms with van der Waals surface area (Å²) in [5.41, 5.74) is 0. The first-order chi connectivity index (χ1) is 4.31. The fourth-order valence-electron chi connectivity index (χ4n) is 0.478. The third kappa shape index (κ3) is 8.77. The molecule has 3 heteroatoms. The molecule has 0 saturated carbocycles. The summed E-state index contributed by atoms with van der Waals surface area (Å²) in [4.78, 5) is 0. The van der Waals surface area contributed by atoms with E-state index in [-0.39, 0.29) is 7.43 Å². The molecule has 0 bridgehead atoms. The molecule has 0 N–H and O–H groups in total. The molecule has 0 aromatic heterocycles. The van der Waals surface area contributed by atoms with Crippen LogP contribution in [0.5, 0.6) is 0 Å². The minimum atomic E-state index is -0.556. The standard InChI is InChI=1S/C6H7.CH3.2ClH.Ti/c1-6-4-2-3-5-6;;;;/h2-6H,1H2;1H3;2*1H;/q2*-1;;;+2/p-2. The monoisotopic (exact) mass is 212 g/mol. The van der Waals surface area contributed by atoms with Gasteiger partial charge in [0.05, 0.1) is 0 Å². The molecule has 0 atom stereocenters. The fraction of sp³-hybridized carbons (Fsp3) is 0.143. The molecule has 0 aromatic carbocycles. The Balaban J connectivity index is 0. The molecule has 0 nitrogen and oxygen atoms in total. The van der Waals surface area contributed by atoms with Crippen LogP contribution in [0, 0.1) is 20.3 Å². The zero-order valence-corrected chi connectivity index (χ0v) is 8.92. The van der Waals surface area contributed by atoms with Gasteiger partial charge in [0.15, 0.2) is 0 Å². The van der Waals surface area contributed by atoms with Gasteiger partial charge in [-0.2, -0.15) is 0 Å². The van der Waals surface area contributed by atoms with Crippen LogP contribution in [0.3, 0.4) is 0 Å². The quantitative estimate of drug-likeness (QED) is 0.427. The summed E-state index contributed by atoms with van der Waals surface area (Å²) in [7, 11) is 9.78. The summed E-state index contributed by atoms with van der Waals surface area (Å²) >= 11 is -0.556. The Morgan fingerprint density at radius 3 is 1.60 bits per heavy atom. The van der Waals surface area contributed by atoms with Crippen molar-refractivity contribution in [1.29, 1.82) is 0 Å². The first-order valence-electron chi connectivity index (χ1n) is 2.45. The summed E-state index contributed by atoms with van der Waals surface area (Å²) in [5, 5.41) is 0. The molecular formula is C7H10Cl2Ti-2. The molecule has 1 aliphatic rings. The third-order valence-corrected chi connectivity index (χ3v) is 0.828. The Labute approximate surface area is 80.0 Å². The van der Waals surface area contributed by atoms with Crippen LogP contribution in [0.1, 0.15) is 0 Å². The topological polar surface area (TPSA) is 0 Å². The summed E-state index contributed by atoms with van der Waals surface area (Å²) in [6, 6.07) is 0. The SMILES string of the molecule is [CH2-]C1C=CC=C1.[CH3-].[Cl][Ti][Cl]. The molecule has 58 valence electrons. The molecule has 0 amide bonds. The van der Waals surface area contributed by atoms with Crippen LogP contribution in [0.15, 0.2) is 24.3 Å². The summed E-state index contributed by atoms with van der Waals surface area (Å²) in [6.45, 7) is 3.76. The molecule has 10 heavy (non-hydrogen) atoms. The van der Waals surface area contributed by atoms with Crippen LogP contribution in [-0.4, -0.2) is 0 Å². The van der Waals surface area contributed by atoms with Crippen molar-refractivity contribution in [3.8, 4) is 0 Å². The normalized spacial score (nSPS) is 13.5. The van der Waals surface area contributed by atoms with Gasteiger partial charge in [-0.1, -0.05) is 12.2 Å². The Morgan fingerprint density at radius 1 is 1.20 bits per heavy atom. The molecule has 0 radical (unpaired) electrons. The van der Waals surface area contributed by atoms with Gasteiger partial charge >= 0.3 is 35.6 Å². The van der Waals surface area contributed by atoms with Crippen LogP contribution >= 0.6 is 18.6 Å². The van der Waals surface area contributed by atoms with E-state index >= 15 is 0 Å². The zero-order chi connectivity index (χ0) is 7.11. The van der Waals surface area contributed by atoms with Gasteiger partial charge in [0.1, 0.15) is 0 Å². The average Bonchev–Trinajstić information content (AvgIpc) is 2.20.